The molecule has 6 rings (SSSR count). The zero-order valence-electron chi connectivity index (χ0n) is 26.3. The highest BCUT2D eigenvalue weighted by molar-refractivity contribution is 5.73. The van der Waals surface area contributed by atoms with Gasteiger partial charge in [-0.15, -0.1) is 0 Å². The van der Waals surface area contributed by atoms with Crippen LogP contribution in [0.2, 0.25) is 0 Å². The van der Waals surface area contributed by atoms with E-state index in [-0.39, 0.29) is 38.6 Å². The molecule has 5 aliphatic rings. The van der Waals surface area contributed by atoms with E-state index in [4.69, 9.17) is 4.74 Å². The monoisotopic (exact) mass is 560 g/mol. The van der Waals surface area contributed by atoms with Crippen LogP contribution in [0.15, 0.2) is 36.4 Å². The Morgan fingerprint density at radius 2 is 1.76 bits per heavy atom. The largest absolute Gasteiger partial charge is 0.504 e. The Balaban J connectivity index is 1.36. The Morgan fingerprint density at radius 3 is 2.41 bits per heavy atom. The molecule has 1 aromatic carbocycles. The molecule has 0 amide bonds. The van der Waals surface area contributed by atoms with Crippen LogP contribution in [0.4, 0.5) is 0 Å². The number of benzene rings is 1. The van der Waals surface area contributed by atoms with Crippen molar-refractivity contribution in [2.75, 3.05) is 6.61 Å². The lowest BCUT2D eigenvalue weighted by atomic mass is 9.32. The summed E-state index contributed by atoms with van der Waals surface area (Å²) >= 11 is 0. The molecular weight excluding hydrogens is 508 g/mol. The van der Waals surface area contributed by atoms with Gasteiger partial charge in [0.25, 0.3) is 6.47 Å². The Morgan fingerprint density at radius 1 is 1.00 bits per heavy atom. The molecule has 1 aromatic rings. The highest BCUT2D eigenvalue weighted by Gasteiger charge is 2.70. The van der Waals surface area contributed by atoms with Gasteiger partial charge in [0.1, 0.15) is 0 Å². The second kappa shape index (κ2) is 9.46. The quantitative estimate of drug-likeness (QED) is 0.280. The molecule has 0 bridgehead atoms. The summed E-state index contributed by atoms with van der Waals surface area (Å²) in [5.41, 5.74) is 4.49. The van der Waals surface area contributed by atoms with Gasteiger partial charge in [0, 0.05) is 6.61 Å². The predicted octanol–water partition coefficient (Wildman–Crippen LogP) is 8.57. The molecule has 0 spiro atoms. The van der Waals surface area contributed by atoms with E-state index < -0.39 is 0 Å². The number of hydrogen-bond donors (Lipinski definition) is 2. The fourth-order valence-electron chi connectivity index (χ4n) is 12.5. The molecule has 4 nitrogen and oxygen atoms in total. The molecule has 4 saturated carbocycles. The number of rotatable bonds is 5. The Hall–Kier alpha value is -2.07. The van der Waals surface area contributed by atoms with E-state index in [2.05, 4.69) is 54.2 Å². The van der Waals surface area contributed by atoms with Crippen LogP contribution in [-0.2, 0) is 4.79 Å². The van der Waals surface area contributed by atoms with Crippen molar-refractivity contribution in [1.82, 2.24) is 0 Å². The fourth-order valence-corrected chi connectivity index (χ4v) is 12.5. The molecule has 0 unspecified atom stereocenters. The number of phenolic OH excluding ortho intramolecular Hbond substituents is 1. The van der Waals surface area contributed by atoms with Crippen molar-refractivity contribution in [2.45, 2.75) is 99.3 Å². The maximum absolute atomic E-state index is 10.8. The molecule has 0 aliphatic heterocycles. The lowest BCUT2D eigenvalue weighted by molar-refractivity contribution is -0.228. The minimum absolute atomic E-state index is 0.0123. The minimum Gasteiger partial charge on any atom is -0.504 e. The van der Waals surface area contributed by atoms with Gasteiger partial charge in [0.15, 0.2) is 11.5 Å². The number of aliphatic hydroxyl groups excluding tert-OH is 1. The van der Waals surface area contributed by atoms with Gasteiger partial charge in [-0.1, -0.05) is 58.9 Å². The predicted molar refractivity (Wildman–Crippen MR) is 164 cm³/mol. The minimum atomic E-state index is -0.0410. The van der Waals surface area contributed by atoms with Gasteiger partial charge in [-0.05, 0) is 145 Å². The van der Waals surface area contributed by atoms with Crippen LogP contribution in [0.3, 0.4) is 0 Å². The molecule has 2 N–H and O–H groups in total. The Labute approximate surface area is 247 Å². The third-order valence-electron chi connectivity index (χ3n) is 14.6. The lowest BCUT2D eigenvalue weighted by Crippen LogP contribution is -2.65. The first kappa shape index (κ1) is 29.0. The number of allylic oxidation sites excluding steroid dienone is 3. The first-order valence-corrected chi connectivity index (χ1v) is 16.2. The van der Waals surface area contributed by atoms with E-state index in [0.29, 0.717) is 42.7 Å². The summed E-state index contributed by atoms with van der Waals surface area (Å²) in [4.78, 5) is 10.8. The average molecular weight is 561 g/mol. The first-order valence-electron chi connectivity index (χ1n) is 16.2. The zero-order valence-corrected chi connectivity index (χ0v) is 26.3. The van der Waals surface area contributed by atoms with E-state index >= 15 is 0 Å². The Bertz CT molecular complexity index is 1280. The number of aromatic hydroxyl groups is 1. The maximum atomic E-state index is 10.8. The summed E-state index contributed by atoms with van der Waals surface area (Å²) in [5, 5.41) is 21.3. The smallest absolute Gasteiger partial charge is 0.298 e. The second-order valence-electron chi connectivity index (χ2n) is 16.1. The van der Waals surface area contributed by atoms with Gasteiger partial charge in [0.2, 0.25) is 0 Å². The van der Waals surface area contributed by atoms with Crippen molar-refractivity contribution in [2.24, 2.45) is 56.7 Å². The van der Waals surface area contributed by atoms with Gasteiger partial charge in [-0.2, -0.15) is 0 Å². The van der Waals surface area contributed by atoms with Gasteiger partial charge in [0.05, 0.1) is 0 Å². The zero-order chi connectivity index (χ0) is 29.6. The molecule has 4 fully saturated rings. The highest BCUT2D eigenvalue weighted by Crippen LogP contribution is 2.77. The molecule has 0 radical (unpaired) electrons. The summed E-state index contributed by atoms with van der Waals surface area (Å²) in [7, 11) is 0. The fraction of sp³-hybridized carbons (Fsp3) is 0.703. The average Bonchev–Trinajstić information content (AvgIpc) is 3.31. The van der Waals surface area contributed by atoms with E-state index in [1.807, 2.05) is 6.07 Å². The summed E-state index contributed by atoms with van der Waals surface area (Å²) in [6.45, 7) is 20.1. The van der Waals surface area contributed by atoms with Crippen molar-refractivity contribution in [3.8, 4) is 11.5 Å². The van der Waals surface area contributed by atoms with Gasteiger partial charge in [-0.25, -0.2) is 0 Å². The van der Waals surface area contributed by atoms with Crippen molar-refractivity contribution < 1.29 is 19.7 Å². The molecular formula is C37H52O4. The molecule has 9 atom stereocenters. The standard InChI is InChI=1S/C37H52O4/c1-23(2)25-12-17-37(21-38)19-18-35(6)27(32(25)37)9-11-31-34(5)15-13-26(24-8-10-29(41-22-39)28(40)20-24)33(3,4)30(34)14-16-36(31,35)7/h8,10,13,20,22,25,27,30-32,38,40H,1,9,11-12,14-19,21H2,2-7H3/t25-,27+,30-,31+,32+,34-,35+,36+,37+/m0/s1. The lowest BCUT2D eigenvalue weighted by Gasteiger charge is -2.72. The number of phenols is 1. The first-order chi connectivity index (χ1) is 19.3. The SMILES string of the molecule is C=C(C)[C@@H]1CC[C@]2(CO)CC[C@]3(C)[C@H](CC[C@@H]4[C@@]5(C)CC=C(c6ccc(OC=O)c(O)c6)C(C)(C)[C@@H]5CC[C@]43C)[C@@H]12. The van der Waals surface area contributed by atoms with Crippen LogP contribution < -0.4 is 4.74 Å². The third-order valence-corrected chi connectivity index (χ3v) is 14.6. The molecule has 224 valence electrons. The third kappa shape index (κ3) is 3.77. The van der Waals surface area contributed by atoms with Crippen LogP contribution in [-0.4, -0.2) is 23.3 Å². The molecule has 0 aromatic heterocycles. The number of hydrogen-bond acceptors (Lipinski definition) is 4. The molecule has 0 heterocycles. The molecule has 5 aliphatic carbocycles. The van der Waals surface area contributed by atoms with Gasteiger partial charge in [-0.3, -0.25) is 4.79 Å². The van der Waals surface area contributed by atoms with E-state index in [1.165, 1.54) is 49.7 Å². The number of carbonyl (C=O) groups is 1. The Kier molecular flexibility index (Phi) is 6.70. The normalized spacial score (nSPS) is 44.5. The number of fused-ring (bicyclic) bond motifs is 7. The van der Waals surface area contributed by atoms with Crippen LogP contribution in [0.25, 0.3) is 5.57 Å². The van der Waals surface area contributed by atoms with Crippen LogP contribution in [0, 0.1) is 56.7 Å². The maximum Gasteiger partial charge on any atom is 0.298 e. The van der Waals surface area contributed by atoms with Crippen molar-refractivity contribution in [1.29, 1.82) is 0 Å². The topological polar surface area (TPSA) is 66.8 Å². The second-order valence-corrected chi connectivity index (χ2v) is 16.1. The van der Waals surface area contributed by atoms with Crippen LogP contribution in [0.5, 0.6) is 11.5 Å². The summed E-state index contributed by atoms with van der Waals surface area (Å²) < 4.78 is 4.95. The highest BCUT2D eigenvalue weighted by atomic mass is 16.5. The van der Waals surface area contributed by atoms with E-state index in [9.17, 15) is 15.0 Å². The van der Waals surface area contributed by atoms with Crippen LogP contribution >= 0.6 is 0 Å². The number of carbonyl (C=O) groups excluding carboxylic acids is 1. The van der Waals surface area contributed by atoms with Crippen molar-refractivity contribution in [3.05, 3.63) is 42.0 Å². The number of ether oxygens (including phenoxy) is 1. The van der Waals surface area contributed by atoms with Gasteiger partial charge < -0.3 is 14.9 Å². The van der Waals surface area contributed by atoms with Crippen molar-refractivity contribution >= 4 is 12.0 Å². The van der Waals surface area contributed by atoms with Gasteiger partial charge >= 0.3 is 0 Å². The molecule has 41 heavy (non-hydrogen) atoms. The van der Waals surface area contributed by atoms with E-state index in [0.717, 1.165) is 24.8 Å². The number of aliphatic hydroxyl groups is 1. The van der Waals surface area contributed by atoms with Crippen molar-refractivity contribution in [3.63, 3.8) is 0 Å². The summed E-state index contributed by atoms with van der Waals surface area (Å²) in [6, 6.07) is 5.47. The molecule has 4 heteroatoms. The summed E-state index contributed by atoms with van der Waals surface area (Å²) in [6.07, 6.45) is 13.3. The van der Waals surface area contributed by atoms with Crippen LogP contribution in [0.1, 0.15) is 105 Å². The van der Waals surface area contributed by atoms with E-state index in [1.54, 1.807) is 12.1 Å². The summed E-state index contributed by atoms with van der Waals surface area (Å²) in [5.74, 6) is 3.21. The molecule has 0 saturated heterocycles.